The average molecular weight is 198 g/mol. The lowest BCUT2D eigenvalue weighted by molar-refractivity contribution is 0.585. The van der Waals surface area contributed by atoms with E-state index in [4.69, 9.17) is 5.73 Å². The predicted molar refractivity (Wildman–Crippen MR) is 52.5 cm³/mol. The largest absolute Gasteiger partial charge is 0.387 e. The minimum atomic E-state index is -0.691. The topological polar surface area (TPSA) is 38.4 Å². The van der Waals surface area contributed by atoms with Crippen LogP contribution in [0.15, 0.2) is 23.2 Å². The van der Waals surface area contributed by atoms with Gasteiger partial charge in [0.2, 0.25) is 0 Å². The monoisotopic (exact) mass is 198 g/mol. The van der Waals surface area contributed by atoms with Gasteiger partial charge in [-0.25, -0.2) is 13.8 Å². The third-order valence-corrected chi connectivity index (χ3v) is 1.68. The van der Waals surface area contributed by atoms with E-state index >= 15 is 0 Å². The van der Waals surface area contributed by atoms with Crippen molar-refractivity contribution in [3.05, 3.63) is 29.8 Å². The first-order valence-electron chi connectivity index (χ1n) is 4.41. The van der Waals surface area contributed by atoms with Gasteiger partial charge < -0.3 is 5.73 Å². The summed E-state index contributed by atoms with van der Waals surface area (Å²) in [6.45, 7) is 1.95. The molecule has 0 bridgehead atoms. The predicted octanol–water partition coefficient (Wildman–Crippen LogP) is 2.75. The van der Waals surface area contributed by atoms with Crippen LogP contribution in [0.4, 0.5) is 14.5 Å². The molecule has 0 atom stereocenters. The number of rotatable bonds is 3. The second-order valence-electron chi connectivity index (χ2n) is 2.95. The van der Waals surface area contributed by atoms with E-state index in [1.807, 2.05) is 6.92 Å². The lowest BCUT2D eigenvalue weighted by atomic mass is 10.3. The summed E-state index contributed by atoms with van der Waals surface area (Å²) in [6, 6.07) is 3.21. The highest BCUT2D eigenvalue weighted by Crippen LogP contribution is 2.18. The van der Waals surface area contributed by atoms with Crippen molar-refractivity contribution in [2.45, 2.75) is 19.8 Å². The Kier molecular flexibility index (Phi) is 3.56. The number of nitrogens with two attached hydrogens (primary N) is 1. The minimum absolute atomic E-state index is 0.0809. The van der Waals surface area contributed by atoms with Gasteiger partial charge in [-0.15, -0.1) is 0 Å². The van der Waals surface area contributed by atoms with Gasteiger partial charge in [-0.2, -0.15) is 0 Å². The number of amidine groups is 1. The van der Waals surface area contributed by atoms with Crippen LogP contribution < -0.4 is 5.73 Å². The molecule has 1 aromatic rings. The summed E-state index contributed by atoms with van der Waals surface area (Å²) in [5, 5.41) is 0. The quantitative estimate of drug-likeness (QED) is 0.588. The molecular formula is C10H12F2N2. The van der Waals surface area contributed by atoms with Crippen LogP contribution in [0.3, 0.4) is 0 Å². The van der Waals surface area contributed by atoms with E-state index in [1.54, 1.807) is 0 Å². The lowest BCUT2D eigenvalue weighted by Gasteiger charge is -1.99. The van der Waals surface area contributed by atoms with Gasteiger partial charge in [0.25, 0.3) is 0 Å². The summed E-state index contributed by atoms with van der Waals surface area (Å²) in [6.07, 6.45) is 1.45. The molecule has 1 aromatic carbocycles. The lowest BCUT2D eigenvalue weighted by Crippen LogP contribution is -2.10. The number of nitrogens with zero attached hydrogens (tertiary/aromatic N) is 1. The van der Waals surface area contributed by atoms with Crippen LogP contribution in [0.1, 0.15) is 19.8 Å². The Balaban J connectivity index is 2.91. The molecule has 4 heteroatoms. The fourth-order valence-corrected chi connectivity index (χ4v) is 1.04. The SMILES string of the molecule is CCCC(N)=Nc1ccc(F)cc1F. The summed E-state index contributed by atoms with van der Waals surface area (Å²) in [7, 11) is 0. The van der Waals surface area contributed by atoms with Gasteiger partial charge in [0.15, 0.2) is 5.82 Å². The normalized spacial score (nSPS) is 11.8. The molecule has 2 N–H and O–H groups in total. The van der Waals surface area contributed by atoms with Crippen molar-refractivity contribution >= 4 is 11.5 Å². The highest BCUT2D eigenvalue weighted by molar-refractivity contribution is 5.83. The molecule has 76 valence electrons. The second-order valence-corrected chi connectivity index (χ2v) is 2.95. The van der Waals surface area contributed by atoms with E-state index in [2.05, 4.69) is 4.99 Å². The van der Waals surface area contributed by atoms with Crippen molar-refractivity contribution in [1.29, 1.82) is 0 Å². The molecule has 0 aliphatic heterocycles. The fraction of sp³-hybridized carbons (Fsp3) is 0.300. The van der Waals surface area contributed by atoms with Crippen molar-refractivity contribution in [3.8, 4) is 0 Å². The fourth-order valence-electron chi connectivity index (χ4n) is 1.04. The Labute approximate surface area is 81.5 Å². The van der Waals surface area contributed by atoms with Crippen LogP contribution in [0.25, 0.3) is 0 Å². The standard InChI is InChI=1S/C10H12F2N2/c1-2-3-10(13)14-9-5-4-7(11)6-8(9)12/h4-6H,2-3H2,1H3,(H2,13,14). The average Bonchev–Trinajstić information content (AvgIpc) is 2.10. The smallest absolute Gasteiger partial charge is 0.151 e. The van der Waals surface area contributed by atoms with Crippen LogP contribution >= 0.6 is 0 Å². The Morgan fingerprint density at radius 3 is 2.71 bits per heavy atom. The van der Waals surface area contributed by atoms with Gasteiger partial charge in [-0.3, -0.25) is 0 Å². The molecular weight excluding hydrogens is 186 g/mol. The summed E-state index contributed by atoms with van der Waals surface area (Å²) >= 11 is 0. The first-order chi connectivity index (χ1) is 6.63. The van der Waals surface area contributed by atoms with Gasteiger partial charge in [0, 0.05) is 12.5 Å². The number of hydrogen-bond donors (Lipinski definition) is 1. The molecule has 0 aliphatic rings. The van der Waals surface area contributed by atoms with Crippen molar-refractivity contribution in [3.63, 3.8) is 0 Å². The molecule has 0 heterocycles. The Morgan fingerprint density at radius 2 is 2.14 bits per heavy atom. The van der Waals surface area contributed by atoms with Crippen molar-refractivity contribution in [2.24, 2.45) is 10.7 Å². The maximum atomic E-state index is 13.0. The van der Waals surface area contributed by atoms with Crippen molar-refractivity contribution in [2.75, 3.05) is 0 Å². The first kappa shape index (κ1) is 10.6. The van der Waals surface area contributed by atoms with E-state index in [0.717, 1.165) is 18.6 Å². The van der Waals surface area contributed by atoms with Crippen molar-refractivity contribution in [1.82, 2.24) is 0 Å². The summed E-state index contributed by atoms with van der Waals surface area (Å²) in [5.41, 5.74) is 5.59. The summed E-state index contributed by atoms with van der Waals surface area (Å²) < 4.78 is 25.6. The van der Waals surface area contributed by atoms with Gasteiger partial charge >= 0.3 is 0 Å². The number of benzene rings is 1. The molecule has 0 fully saturated rings. The second kappa shape index (κ2) is 4.69. The highest BCUT2D eigenvalue weighted by atomic mass is 19.1. The van der Waals surface area contributed by atoms with Crippen LogP contribution in [-0.4, -0.2) is 5.84 Å². The highest BCUT2D eigenvalue weighted by Gasteiger charge is 2.02. The zero-order valence-electron chi connectivity index (χ0n) is 7.93. The summed E-state index contributed by atoms with van der Waals surface area (Å²) in [5.74, 6) is -0.947. The van der Waals surface area contributed by atoms with Gasteiger partial charge in [-0.05, 0) is 18.6 Å². The molecule has 0 amide bonds. The molecule has 2 nitrogen and oxygen atoms in total. The molecule has 0 aliphatic carbocycles. The molecule has 0 unspecified atom stereocenters. The van der Waals surface area contributed by atoms with Crippen molar-refractivity contribution < 1.29 is 8.78 Å². The van der Waals surface area contributed by atoms with Gasteiger partial charge in [0.05, 0.1) is 5.84 Å². The molecule has 14 heavy (non-hydrogen) atoms. The molecule has 0 spiro atoms. The third-order valence-electron chi connectivity index (χ3n) is 1.68. The van der Waals surface area contributed by atoms with E-state index < -0.39 is 11.6 Å². The minimum Gasteiger partial charge on any atom is -0.387 e. The van der Waals surface area contributed by atoms with Gasteiger partial charge in [-0.1, -0.05) is 6.92 Å². The Hall–Kier alpha value is -1.45. The Bertz CT molecular complexity index is 348. The van der Waals surface area contributed by atoms with E-state index in [1.165, 1.54) is 6.07 Å². The maximum Gasteiger partial charge on any atom is 0.151 e. The van der Waals surface area contributed by atoms with Crippen LogP contribution in [0, 0.1) is 11.6 Å². The molecule has 0 saturated heterocycles. The number of aliphatic imine (C=N–C) groups is 1. The maximum absolute atomic E-state index is 13.0. The van der Waals surface area contributed by atoms with E-state index in [-0.39, 0.29) is 5.69 Å². The molecule has 0 aromatic heterocycles. The van der Waals surface area contributed by atoms with Gasteiger partial charge in [0.1, 0.15) is 11.5 Å². The third kappa shape index (κ3) is 2.80. The molecule has 0 radical (unpaired) electrons. The van der Waals surface area contributed by atoms with E-state index in [9.17, 15) is 8.78 Å². The number of hydrogen-bond acceptors (Lipinski definition) is 1. The zero-order valence-corrected chi connectivity index (χ0v) is 7.93. The number of halogens is 2. The Morgan fingerprint density at radius 1 is 1.43 bits per heavy atom. The first-order valence-corrected chi connectivity index (χ1v) is 4.41. The van der Waals surface area contributed by atoms with Crippen LogP contribution in [-0.2, 0) is 0 Å². The molecule has 0 saturated carbocycles. The van der Waals surface area contributed by atoms with Crippen LogP contribution in [0.2, 0.25) is 0 Å². The van der Waals surface area contributed by atoms with Crippen LogP contribution in [0.5, 0.6) is 0 Å². The van der Waals surface area contributed by atoms with E-state index in [0.29, 0.717) is 12.3 Å². The molecule has 1 rings (SSSR count). The summed E-state index contributed by atoms with van der Waals surface area (Å²) in [4.78, 5) is 3.84. The zero-order chi connectivity index (χ0) is 10.6.